The van der Waals surface area contributed by atoms with Gasteiger partial charge in [-0.15, -0.1) is 0 Å². The van der Waals surface area contributed by atoms with Crippen LogP contribution in [0.4, 0.5) is 5.69 Å². The Kier molecular flexibility index (Phi) is 3.41. The summed E-state index contributed by atoms with van der Waals surface area (Å²) >= 11 is 1.53. The molecule has 0 atom stereocenters. The third kappa shape index (κ3) is 2.34. The Bertz CT molecular complexity index is 870. The monoisotopic (exact) mass is 295 g/mol. The van der Waals surface area contributed by atoms with Gasteiger partial charge in [0, 0.05) is 59.7 Å². The summed E-state index contributed by atoms with van der Waals surface area (Å²) in [5.41, 5.74) is 1.33. The van der Waals surface area contributed by atoms with Gasteiger partial charge in [0.1, 0.15) is 0 Å². The molecule has 0 radical (unpaired) electrons. The van der Waals surface area contributed by atoms with Crippen molar-refractivity contribution in [1.29, 1.82) is 0 Å². The second-order valence-electron chi connectivity index (χ2n) is 5.31. The smallest absolute Gasteiger partial charge is 0.0796 e. The Balaban J connectivity index is 2.12. The van der Waals surface area contributed by atoms with Gasteiger partial charge < -0.3 is 10.2 Å². The minimum Gasteiger partial charge on any atom is -0.368 e. The quantitative estimate of drug-likeness (QED) is 0.806. The van der Waals surface area contributed by atoms with Crippen molar-refractivity contribution in [2.75, 3.05) is 31.1 Å². The summed E-state index contributed by atoms with van der Waals surface area (Å²) < 4.78 is 4.62. The molecule has 0 bridgehead atoms. The number of hydrogen-bond donors (Lipinski definition) is 1. The highest BCUT2D eigenvalue weighted by molar-refractivity contribution is 8.05. The van der Waals surface area contributed by atoms with E-state index in [9.17, 15) is 0 Å². The minimum atomic E-state index is 1.05. The van der Waals surface area contributed by atoms with Crippen LogP contribution in [0.3, 0.4) is 0 Å². The SMILES string of the molecule is C1=c2cccc(N3CCNCC3)c2=c2ccccc2=NS1. The number of piperazine rings is 1. The lowest BCUT2D eigenvalue weighted by Gasteiger charge is -2.30. The van der Waals surface area contributed by atoms with E-state index in [1.165, 1.54) is 33.3 Å². The summed E-state index contributed by atoms with van der Waals surface area (Å²) in [6.07, 6.45) is 0. The molecule has 0 amide bonds. The normalized spacial score (nSPS) is 17.0. The van der Waals surface area contributed by atoms with Crippen molar-refractivity contribution < 1.29 is 0 Å². The molecule has 106 valence electrons. The van der Waals surface area contributed by atoms with E-state index in [4.69, 9.17) is 0 Å². The summed E-state index contributed by atoms with van der Waals surface area (Å²) in [6.45, 7) is 4.22. The molecule has 2 aliphatic rings. The van der Waals surface area contributed by atoms with E-state index in [2.05, 4.69) is 62.5 Å². The first-order valence-electron chi connectivity index (χ1n) is 7.32. The standard InChI is InChI=1S/C17H17N3S/c1-2-6-15-14(5-1)17-13(12-21-19-15)4-3-7-16(17)20-10-8-18-9-11-20/h1-7,12,18H,8-11H2. The third-order valence-electron chi connectivity index (χ3n) is 4.04. The molecule has 0 spiro atoms. The number of nitrogens with zero attached hydrogens (tertiary/aromatic N) is 2. The molecule has 4 heteroatoms. The van der Waals surface area contributed by atoms with Crippen molar-refractivity contribution >= 4 is 23.0 Å². The van der Waals surface area contributed by atoms with Crippen LogP contribution in [0, 0.1) is 10.4 Å². The summed E-state index contributed by atoms with van der Waals surface area (Å²) in [5, 5.41) is 10.5. The molecule has 2 aromatic carbocycles. The van der Waals surface area contributed by atoms with Crippen molar-refractivity contribution in [3.8, 4) is 0 Å². The Hall–Kier alpha value is -1.78. The van der Waals surface area contributed by atoms with Gasteiger partial charge in [0.05, 0.1) is 5.36 Å². The minimum absolute atomic E-state index is 1.05. The van der Waals surface area contributed by atoms with E-state index in [-0.39, 0.29) is 0 Å². The number of anilines is 1. The van der Waals surface area contributed by atoms with Crippen LogP contribution in [0.5, 0.6) is 0 Å². The van der Waals surface area contributed by atoms with E-state index < -0.39 is 0 Å². The van der Waals surface area contributed by atoms with E-state index in [1.54, 1.807) is 0 Å². The van der Waals surface area contributed by atoms with E-state index in [0.29, 0.717) is 0 Å². The molecule has 1 saturated heterocycles. The van der Waals surface area contributed by atoms with Crippen LogP contribution in [-0.4, -0.2) is 26.2 Å². The fourth-order valence-corrected chi connectivity index (χ4v) is 3.66. The Morgan fingerprint density at radius 2 is 1.86 bits per heavy atom. The summed E-state index contributed by atoms with van der Waals surface area (Å²) in [4.78, 5) is 2.48. The Labute approximate surface area is 127 Å². The molecule has 4 rings (SSSR count). The second kappa shape index (κ2) is 5.54. The lowest BCUT2D eigenvalue weighted by molar-refractivity contribution is 0.588. The van der Waals surface area contributed by atoms with Gasteiger partial charge in [-0.1, -0.05) is 30.3 Å². The van der Waals surface area contributed by atoms with Crippen molar-refractivity contribution in [3.63, 3.8) is 0 Å². The predicted octanol–water partition coefficient (Wildman–Crippen LogP) is 1.40. The molecule has 0 aromatic heterocycles. The maximum absolute atomic E-state index is 4.62. The Morgan fingerprint density at radius 1 is 1.00 bits per heavy atom. The molecule has 3 nitrogen and oxygen atoms in total. The summed E-state index contributed by atoms with van der Waals surface area (Å²) in [7, 11) is 0. The average Bonchev–Trinajstić information content (AvgIpc) is 2.75. The summed E-state index contributed by atoms with van der Waals surface area (Å²) in [6, 6.07) is 15.0. The zero-order chi connectivity index (χ0) is 14.1. The van der Waals surface area contributed by atoms with Gasteiger partial charge >= 0.3 is 0 Å². The Morgan fingerprint density at radius 3 is 2.76 bits per heavy atom. The number of hydrogen-bond acceptors (Lipinski definition) is 4. The number of fused-ring (bicyclic) bond motifs is 2. The zero-order valence-corrected chi connectivity index (χ0v) is 12.6. The molecule has 1 fully saturated rings. The maximum Gasteiger partial charge on any atom is 0.0796 e. The fourth-order valence-electron chi connectivity index (χ4n) is 3.02. The zero-order valence-electron chi connectivity index (χ0n) is 11.7. The predicted molar refractivity (Wildman–Crippen MR) is 88.5 cm³/mol. The number of rotatable bonds is 1. The fraction of sp³-hybridized carbons (Fsp3) is 0.235. The van der Waals surface area contributed by atoms with Gasteiger partial charge in [-0.3, -0.25) is 0 Å². The topological polar surface area (TPSA) is 27.6 Å². The van der Waals surface area contributed by atoms with Crippen LogP contribution in [0.15, 0.2) is 46.9 Å². The molecule has 2 aromatic rings. The van der Waals surface area contributed by atoms with Gasteiger partial charge in [-0.2, -0.15) is 0 Å². The summed E-state index contributed by atoms with van der Waals surface area (Å²) in [5.74, 6) is 0. The van der Waals surface area contributed by atoms with Crippen molar-refractivity contribution in [1.82, 2.24) is 5.32 Å². The second-order valence-corrected chi connectivity index (χ2v) is 5.94. The molecule has 0 aliphatic carbocycles. The lowest BCUT2D eigenvalue weighted by Crippen LogP contribution is -2.44. The van der Waals surface area contributed by atoms with Crippen LogP contribution >= 0.6 is 11.9 Å². The van der Waals surface area contributed by atoms with E-state index in [0.717, 1.165) is 31.5 Å². The van der Waals surface area contributed by atoms with Crippen molar-refractivity contribution in [2.45, 2.75) is 0 Å². The first-order valence-corrected chi connectivity index (χ1v) is 8.15. The van der Waals surface area contributed by atoms with Crippen molar-refractivity contribution in [3.05, 3.63) is 63.5 Å². The molecule has 2 heterocycles. The van der Waals surface area contributed by atoms with Gasteiger partial charge in [-0.25, -0.2) is 4.40 Å². The highest BCUT2D eigenvalue weighted by atomic mass is 32.2. The van der Waals surface area contributed by atoms with Gasteiger partial charge in [0.15, 0.2) is 0 Å². The first-order chi connectivity index (χ1) is 10.4. The van der Waals surface area contributed by atoms with E-state index in [1.807, 2.05) is 0 Å². The maximum atomic E-state index is 4.62. The van der Waals surface area contributed by atoms with Gasteiger partial charge in [-0.05, 0) is 17.4 Å². The number of nitrogens with one attached hydrogen (secondary N) is 1. The van der Waals surface area contributed by atoms with E-state index >= 15 is 0 Å². The lowest BCUT2D eigenvalue weighted by atomic mass is 10.1. The first kappa shape index (κ1) is 12.9. The molecule has 1 N–H and O–H groups in total. The molecule has 2 aliphatic heterocycles. The highest BCUT2D eigenvalue weighted by Crippen LogP contribution is 2.16. The number of benzene rings is 2. The van der Waals surface area contributed by atoms with Gasteiger partial charge in [0.25, 0.3) is 0 Å². The molecular formula is C17H17N3S. The van der Waals surface area contributed by atoms with Crippen LogP contribution in [0.1, 0.15) is 0 Å². The van der Waals surface area contributed by atoms with Crippen LogP contribution < -0.4 is 20.8 Å². The van der Waals surface area contributed by atoms with Crippen LogP contribution in [0.2, 0.25) is 0 Å². The van der Waals surface area contributed by atoms with Crippen LogP contribution in [-0.2, 0) is 0 Å². The molecule has 0 unspecified atom stereocenters. The largest absolute Gasteiger partial charge is 0.368 e. The van der Waals surface area contributed by atoms with Crippen molar-refractivity contribution in [2.24, 2.45) is 4.40 Å². The van der Waals surface area contributed by atoms with Crippen LogP contribution in [0.25, 0.3) is 5.41 Å². The molecule has 21 heavy (non-hydrogen) atoms. The molecule has 0 saturated carbocycles. The average molecular weight is 295 g/mol. The van der Waals surface area contributed by atoms with Gasteiger partial charge in [0.2, 0.25) is 0 Å². The third-order valence-corrected chi connectivity index (χ3v) is 4.70. The highest BCUT2D eigenvalue weighted by Gasteiger charge is 2.12. The molecular weight excluding hydrogens is 278 g/mol.